The van der Waals surface area contributed by atoms with Gasteiger partial charge in [0.05, 0.1) is 40.6 Å². The molecule has 0 atom stereocenters. The Morgan fingerprint density at radius 1 is 0.571 bits per heavy atom. The number of hydrogen-bond acceptors (Lipinski definition) is 10. The normalized spacial score (nSPS) is 28.0. The summed E-state index contributed by atoms with van der Waals surface area (Å²) in [6.45, 7) is 23.4. The van der Waals surface area contributed by atoms with Crippen LogP contribution in [0.5, 0.6) is 0 Å². The predicted octanol–water partition coefficient (Wildman–Crippen LogP) is 6.86. The number of rotatable bonds is 13. The minimum Gasteiger partial charge on any atom is -0.319 e. The third kappa shape index (κ3) is 8.24. The second-order valence-corrected chi connectivity index (χ2v) is 18.1. The maximum atomic E-state index is 5.96. The van der Waals surface area contributed by atoms with Gasteiger partial charge in [0.25, 0.3) is 17.1 Å². The van der Waals surface area contributed by atoms with E-state index in [0.717, 1.165) is 45.2 Å². The summed E-state index contributed by atoms with van der Waals surface area (Å²) in [6, 6.07) is 1.00. The molecule has 4 heterocycles. The van der Waals surface area contributed by atoms with Gasteiger partial charge in [-0.25, -0.2) is 0 Å². The van der Waals surface area contributed by atoms with Gasteiger partial charge >= 0.3 is 0 Å². The van der Waals surface area contributed by atoms with Crippen LogP contribution in [0.3, 0.4) is 0 Å². The molecular formula is C30H60N4O6P2. The highest BCUT2D eigenvalue weighted by Crippen LogP contribution is 2.62. The summed E-state index contributed by atoms with van der Waals surface area (Å²) in [7, 11) is 1.56. The van der Waals surface area contributed by atoms with Crippen molar-refractivity contribution in [2.24, 2.45) is 0 Å². The van der Waals surface area contributed by atoms with E-state index in [1.54, 1.807) is 0 Å². The van der Waals surface area contributed by atoms with Gasteiger partial charge in [-0.3, -0.25) is 4.90 Å². The van der Waals surface area contributed by atoms with Crippen molar-refractivity contribution >= 4 is 17.1 Å². The molecule has 10 nitrogen and oxygen atoms in total. The Bertz CT molecular complexity index is 758. The summed E-state index contributed by atoms with van der Waals surface area (Å²) < 4.78 is 25.7. The molecular weight excluding hydrogens is 574 g/mol. The van der Waals surface area contributed by atoms with E-state index in [2.05, 4.69) is 74.9 Å². The van der Waals surface area contributed by atoms with E-state index >= 15 is 0 Å². The average Bonchev–Trinajstić information content (AvgIpc) is 3.58. The van der Waals surface area contributed by atoms with Gasteiger partial charge in [0, 0.05) is 40.8 Å². The minimum absolute atomic E-state index is 0.0421. The number of hydroxylamine groups is 4. The van der Waals surface area contributed by atoms with Crippen molar-refractivity contribution < 1.29 is 27.8 Å². The smallest absolute Gasteiger partial charge is 0.266 e. The van der Waals surface area contributed by atoms with Crippen molar-refractivity contribution in [3.63, 3.8) is 0 Å². The van der Waals surface area contributed by atoms with E-state index in [1.807, 2.05) is 14.2 Å². The van der Waals surface area contributed by atoms with Crippen molar-refractivity contribution in [1.29, 1.82) is 0 Å². The fourth-order valence-corrected chi connectivity index (χ4v) is 11.8. The lowest BCUT2D eigenvalue weighted by atomic mass is 9.74. The molecule has 0 aromatic heterocycles. The molecule has 0 radical (unpaired) electrons. The first-order chi connectivity index (χ1) is 19.7. The molecule has 0 bridgehead atoms. The number of piperidine rings is 2. The fraction of sp³-hybridized carbons (Fsp3) is 1.00. The molecule has 0 unspecified atom stereocenters. The molecule has 12 heteroatoms. The molecule has 0 amide bonds. The molecule has 0 aromatic rings. The Hall–Kier alpha value is 0.460. The molecule has 42 heavy (non-hydrogen) atoms. The molecule has 0 aliphatic carbocycles. The molecule has 4 fully saturated rings. The van der Waals surface area contributed by atoms with E-state index in [9.17, 15) is 0 Å². The van der Waals surface area contributed by atoms with Crippen LogP contribution in [0.2, 0.25) is 0 Å². The molecule has 0 N–H and O–H groups in total. The predicted molar refractivity (Wildman–Crippen MR) is 170 cm³/mol. The first-order valence-corrected chi connectivity index (χ1v) is 18.3. The van der Waals surface area contributed by atoms with Gasteiger partial charge in [0.2, 0.25) is 0 Å². The quantitative estimate of drug-likeness (QED) is 0.159. The first-order valence-electron chi connectivity index (χ1n) is 16.1. The SMILES string of the molecule is CON1C(C)(C)CC(N(CCCCCCN(P2OCCO2)P2OCCO2)C2CC(C)(C)N(OC)C(C)(C)C2)CC1(C)C. The molecule has 4 aliphatic rings. The molecule has 4 aliphatic heterocycles. The van der Waals surface area contributed by atoms with Gasteiger partial charge in [0.1, 0.15) is 0 Å². The summed E-state index contributed by atoms with van der Waals surface area (Å²) in [6.07, 6.45) is 9.05. The molecule has 246 valence electrons. The Morgan fingerprint density at radius 2 is 0.905 bits per heavy atom. The Morgan fingerprint density at radius 3 is 1.24 bits per heavy atom. The zero-order valence-electron chi connectivity index (χ0n) is 28.2. The monoisotopic (exact) mass is 634 g/mol. The van der Waals surface area contributed by atoms with Crippen LogP contribution in [-0.2, 0) is 27.8 Å². The lowest BCUT2D eigenvalue weighted by Crippen LogP contribution is -2.68. The second-order valence-electron chi connectivity index (χ2n) is 14.9. The molecule has 0 spiro atoms. The van der Waals surface area contributed by atoms with Crippen LogP contribution in [0.4, 0.5) is 0 Å². The number of nitrogens with zero attached hydrogens (tertiary/aromatic N) is 4. The highest BCUT2D eigenvalue weighted by atomic mass is 31.2. The lowest BCUT2D eigenvalue weighted by Gasteiger charge is -2.59. The molecule has 0 saturated carbocycles. The van der Waals surface area contributed by atoms with E-state index in [-0.39, 0.29) is 22.2 Å². The van der Waals surface area contributed by atoms with E-state index < -0.39 is 17.1 Å². The van der Waals surface area contributed by atoms with Gasteiger partial charge in [-0.05, 0) is 100 Å². The summed E-state index contributed by atoms with van der Waals surface area (Å²) in [4.78, 5) is 14.8. The van der Waals surface area contributed by atoms with Gasteiger partial charge in [-0.1, -0.05) is 12.8 Å². The molecule has 0 aromatic carbocycles. The van der Waals surface area contributed by atoms with Crippen LogP contribution in [0, 0.1) is 0 Å². The lowest BCUT2D eigenvalue weighted by molar-refractivity contribution is -0.284. The fourth-order valence-electron chi connectivity index (χ4n) is 8.47. The summed E-state index contributed by atoms with van der Waals surface area (Å²) in [5.74, 6) is 0. The molecule has 4 rings (SSSR count). The third-order valence-corrected chi connectivity index (χ3v) is 13.0. The Kier molecular flexibility index (Phi) is 12.2. The zero-order chi connectivity index (χ0) is 30.8. The standard InChI is InChI=1S/C30H60N4O6P2/c1-27(2)21-25(22-28(3,4)33(27)35-9)31(26-23-29(5,6)34(36-10)30(7,8)24-26)15-13-11-12-14-16-32(41-37-17-18-38-41)42-39-19-20-40-42/h25-26H,11-24H2,1-10H3. The number of unbranched alkanes of at least 4 members (excludes halogenated alkanes) is 3. The average molecular weight is 635 g/mol. The van der Waals surface area contributed by atoms with Crippen molar-refractivity contribution in [3.8, 4) is 0 Å². The van der Waals surface area contributed by atoms with Gasteiger partial charge < -0.3 is 27.8 Å². The maximum Gasteiger partial charge on any atom is 0.266 e. The Balaban J connectivity index is 1.41. The van der Waals surface area contributed by atoms with Crippen molar-refractivity contribution in [3.05, 3.63) is 0 Å². The Labute approximate surface area is 258 Å². The van der Waals surface area contributed by atoms with Crippen LogP contribution >= 0.6 is 17.1 Å². The highest BCUT2D eigenvalue weighted by Gasteiger charge is 2.52. The summed E-state index contributed by atoms with van der Waals surface area (Å²) >= 11 is 0. The van der Waals surface area contributed by atoms with Crippen LogP contribution in [0.25, 0.3) is 0 Å². The van der Waals surface area contributed by atoms with Crippen molar-refractivity contribution in [2.75, 3.05) is 53.7 Å². The van der Waals surface area contributed by atoms with Crippen molar-refractivity contribution in [1.82, 2.24) is 19.5 Å². The first kappa shape index (κ1) is 35.3. The van der Waals surface area contributed by atoms with E-state index in [4.69, 9.17) is 27.8 Å². The van der Waals surface area contributed by atoms with Crippen LogP contribution in [-0.4, -0.2) is 107 Å². The van der Waals surface area contributed by atoms with Gasteiger partial charge in [-0.15, -0.1) is 0 Å². The third-order valence-electron chi connectivity index (χ3n) is 9.32. The van der Waals surface area contributed by atoms with Crippen molar-refractivity contribution in [2.45, 2.75) is 141 Å². The summed E-state index contributed by atoms with van der Waals surface area (Å²) in [5.41, 5.74) is -0.169. The maximum absolute atomic E-state index is 5.96. The minimum atomic E-state index is -1.04. The molecule has 4 saturated heterocycles. The largest absolute Gasteiger partial charge is 0.319 e. The van der Waals surface area contributed by atoms with Crippen LogP contribution in [0.1, 0.15) is 107 Å². The topological polar surface area (TPSA) is 68.3 Å². The van der Waals surface area contributed by atoms with E-state index in [0.29, 0.717) is 38.5 Å². The number of hydrogen-bond donors (Lipinski definition) is 0. The van der Waals surface area contributed by atoms with E-state index in [1.165, 1.54) is 19.3 Å². The van der Waals surface area contributed by atoms with Gasteiger partial charge in [0.15, 0.2) is 0 Å². The van der Waals surface area contributed by atoms with Crippen LogP contribution in [0.15, 0.2) is 0 Å². The zero-order valence-corrected chi connectivity index (χ0v) is 30.0. The van der Waals surface area contributed by atoms with Crippen LogP contribution < -0.4 is 0 Å². The van der Waals surface area contributed by atoms with Gasteiger partial charge in [-0.2, -0.15) is 14.6 Å². The highest BCUT2D eigenvalue weighted by molar-refractivity contribution is 7.60. The summed E-state index contributed by atoms with van der Waals surface area (Å²) in [5, 5.41) is 4.47. The second kappa shape index (κ2) is 14.5.